The molecule has 0 aliphatic heterocycles. The van der Waals surface area contributed by atoms with Crippen LogP contribution in [0.5, 0.6) is 0 Å². The highest BCUT2D eigenvalue weighted by molar-refractivity contribution is 5.13. The third-order valence-electron chi connectivity index (χ3n) is 5.53. The molecule has 102 valence electrons. The fourth-order valence-electron chi connectivity index (χ4n) is 4.91. The second kappa shape index (κ2) is 4.92. The van der Waals surface area contributed by atoms with Gasteiger partial charge in [-0.3, -0.25) is 4.84 Å². The quantitative estimate of drug-likeness (QED) is 0.833. The number of hydroxylamine groups is 1. The Morgan fingerprint density at radius 3 is 2.16 bits per heavy atom. The first-order chi connectivity index (χ1) is 9.38. The fraction of sp³-hybridized carbons (Fsp3) is 0.647. The van der Waals surface area contributed by atoms with Crippen molar-refractivity contribution in [1.82, 2.24) is 5.48 Å². The first-order valence-corrected chi connectivity index (χ1v) is 7.79. The van der Waals surface area contributed by atoms with Crippen molar-refractivity contribution in [1.29, 1.82) is 0 Å². The molecule has 4 fully saturated rings. The van der Waals surface area contributed by atoms with E-state index in [0.717, 1.165) is 23.7 Å². The number of benzene rings is 1. The van der Waals surface area contributed by atoms with Crippen molar-refractivity contribution in [3.8, 4) is 0 Å². The predicted octanol–water partition coefficient (Wildman–Crippen LogP) is 3.53. The Morgan fingerprint density at radius 2 is 1.53 bits per heavy atom. The van der Waals surface area contributed by atoms with Crippen LogP contribution >= 0.6 is 0 Å². The molecule has 1 aromatic carbocycles. The van der Waals surface area contributed by atoms with Crippen LogP contribution < -0.4 is 5.48 Å². The van der Waals surface area contributed by atoms with E-state index < -0.39 is 0 Å². The Bertz CT molecular complexity index is 402. The van der Waals surface area contributed by atoms with Crippen LogP contribution in [0.15, 0.2) is 30.3 Å². The van der Waals surface area contributed by atoms with E-state index in [4.69, 9.17) is 4.84 Å². The van der Waals surface area contributed by atoms with Crippen LogP contribution in [0.1, 0.15) is 37.7 Å². The Labute approximate surface area is 115 Å². The lowest BCUT2D eigenvalue weighted by atomic mass is 9.54. The van der Waals surface area contributed by atoms with Crippen LogP contribution in [0, 0.1) is 23.7 Å². The summed E-state index contributed by atoms with van der Waals surface area (Å²) in [6, 6.07) is 11.1. The van der Waals surface area contributed by atoms with Crippen LogP contribution in [0.2, 0.25) is 0 Å². The molecule has 4 saturated carbocycles. The van der Waals surface area contributed by atoms with Crippen LogP contribution in [-0.4, -0.2) is 6.04 Å². The summed E-state index contributed by atoms with van der Waals surface area (Å²) >= 11 is 0. The van der Waals surface area contributed by atoms with E-state index in [9.17, 15) is 0 Å². The third-order valence-corrected chi connectivity index (χ3v) is 5.53. The van der Waals surface area contributed by atoms with Gasteiger partial charge in [-0.25, -0.2) is 0 Å². The lowest BCUT2D eigenvalue weighted by molar-refractivity contribution is -0.0929. The van der Waals surface area contributed by atoms with Gasteiger partial charge in [0.1, 0.15) is 0 Å². The van der Waals surface area contributed by atoms with Crippen molar-refractivity contribution in [3.05, 3.63) is 35.9 Å². The maximum absolute atomic E-state index is 5.80. The molecule has 0 unspecified atom stereocenters. The van der Waals surface area contributed by atoms with Crippen molar-refractivity contribution in [2.75, 3.05) is 0 Å². The van der Waals surface area contributed by atoms with Gasteiger partial charge in [-0.1, -0.05) is 30.3 Å². The minimum Gasteiger partial charge on any atom is -0.297 e. The van der Waals surface area contributed by atoms with Crippen molar-refractivity contribution in [3.63, 3.8) is 0 Å². The molecule has 0 amide bonds. The lowest BCUT2D eigenvalue weighted by Gasteiger charge is -2.54. The Hall–Kier alpha value is -0.860. The zero-order valence-corrected chi connectivity index (χ0v) is 11.4. The van der Waals surface area contributed by atoms with Gasteiger partial charge in [0.2, 0.25) is 0 Å². The monoisotopic (exact) mass is 257 g/mol. The molecular formula is C17H23NO. The normalized spacial score (nSPS) is 39.7. The van der Waals surface area contributed by atoms with Crippen LogP contribution in [0.3, 0.4) is 0 Å². The zero-order valence-electron chi connectivity index (χ0n) is 11.4. The smallest absolute Gasteiger partial charge is 0.0933 e. The topological polar surface area (TPSA) is 21.3 Å². The highest BCUT2D eigenvalue weighted by atomic mass is 16.6. The van der Waals surface area contributed by atoms with E-state index in [-0.39, 0.29) is 0 Å². The van der Waals surface area contributed by atoms with Crippen LogP contribution in [0.25, 0.3) is 0 Å². The van der Waals surface area contributed by atoms with Gasteiger partial charge in [-0.2, -0.15) is 5.48 Å². The molecule has 4 aliphatic carbocycles. The average Bonchev–Trinajstić information content (AvgIpc) is 2.42. The molecule has 1 N–H and O–H groups in total. The van der Waals surface area contributed by atoms with Gasteiger partial charge >= 0.3 is 0 Å². The molecule has 0 heterocycles. The van der Waals surface area contributed by atoms with E-state index in [2.05, 4.69) is 35.8 Å². The van der Waals surface area contributed by atoms with Gasteiger partial charge in [0.05, 0.1) is 6.61 Å². The first-order valence-electron chi connectivity index (χ1n) is 7.79. The van der Waals surface area contributed by atoms with Gasteiger partial charge in [-0.15, -0.1) is 0 Å². The number of hydrogen-bond acceptors (Lipinski definition) is 2. The summed E-state index contributed by atoms with van der Waals surface area (Å²) in [7, 11) is 0. The Balaban J connectivity index is 1.34. The zero-order chi connectivity index (χ0) is 12.7. The molecule has 5 rings (SSSR count). The molecule has 0 radical (unpaired) electrons. The minimum absolute atomic E-state index is 0.622. The number of hydrogen-bond donors (Lipinski definition) is 1. The molecule has 0 aromatic heterocycles. The van der Waals surface area contributed by atoms with Gasteiger partial charge < -0.3 is 0 Å². The molecule has 19 heavy (non-hydrogen) atoms. The van der Waals surface area contributed by atoms with Crippen molar-refractivity contribution < 1.29 is 4.84 Å². The highest BCUT2D eigenvalue weighted by Crippen LogP contribution is 2.53. The van der Waals surface area contributed by atoms with E-state index in [1.54, 1.807) is 0 Å². The summed E-state index contributed by atoms with van der Waals surface area (Å²) in [5.74, 6) is 3.84. The van der Waals surface area contributed by atoms with Gasteiger partial charge in [0, 0.05) is 6.04 Å². The average molecular weight is 257 g/mol. The molecule has 4 aliphatic rings. The summed E-state index contributed by atoms with van der Waals surface area (Å²) in [6.45, 7) is 0.684. The first kappa shape index (κ1) is 11.9. The summed E-state index contributed by atoms with van der Waals surface area (Å²) in [6.07, 6.45) is 7.29. The van der Waals surface area contributed by atoms with E-state index >= 15 is 0 Å². The third kappa shape index (κ3) is 2.32. The predicted molar refractivity (Wildman–Crippen MR) is 75.2 cm³/mol. The van der Waals surface area contributed by atoms with Crippen LogP contribution in [0.4, 0.5) is 0 Å². The molecule has 1 aromatic rings. The van der Waals surface area contributed by atoms with Crippen molar-refractivity contribution in [2.24, 2.45) is 23.7 Å². The molecule has 0 spiro atoms. The van der Waals surface area contributed by atoms with Gasteiger partial charge in [0.25, 0.3) is 0 Å². The number of rotatable bonds is 4. The largest absolute Gasteiger partial charge is 0.297 e. The molecule has 2 nitrogen and oxygen atoms in total. The van der Waals surface area contributed by atoms with Crippen molar-refractivity contribution in [2.45, 2.75) is 44.8 Å². The maximum Gasteiger partial charge on any atom is 0.0933 e. The lowest BCUT2D eigenvalue weighted by Crippen LogP contribution is -2.54. The minimum atomic E-state index is 0.622. The van der Waals surface area contributed by atoms with E-state index in [0.29, 0.717) is 12.6 Å². The van der Waals surface area contributed by atoms with Gasteiger partial charge in [-0.05, 0) is 61.3 Å². The standard InChI is InChI=1S/C17H23NO/c1-2-4-12(5-3-1)11-19-18-17-15-7-13-6-14(9-15)10-16(17)8-13/h1-5,13-18H,6-11H2. The second-order valence-corrected chi connectivity index (χ2v) is 6.85. The molecule has 0 saturated heterocycles. The molecular weight excluding hydrogens is 234 g/mol. The highest BCUT2D eigenvalue weighted by Gasteiger charge is 2.48. The summed E-state index contributed by atoms with van der Waals surface area (Å²) < 4.78 is 0. The van der Waals surface area contributed by atoms with Crippen molar-refractivity contribution >= 4 is 0 Å². The van der Waals surface area contributed by atoms with E-state index in [1.807, 2.05) is 0 Å². The SMILES string of the molecule is c1ccc(CONC2C3CC4CC(C3)CC2C4)cc1. The van der Waals surface area contributed by atoms with E-state index in [1.165, 1.54) is 37.7 Å². The second-order valence-electron chi connectivity index (χ2n) is 6.85. The Kier molecular flexibility index (Phi) is 3.08. The van der Waals surface area contributed by atoms with Crippen LogP contribution in [-0.2, 0) is 11.4 Å². The molecule has 0 atom stereocenters. The Morgan fingerprint density at radius 1 is 0.895 bits per heavy atom. The summed E-state index contributed by atoms with van der Waals surface area (Å²) in [5, 5.41) is 0. The number of nitrogens with one attached hydrogen (secondary N) is 1. The fourth-order valence-corrected chi connectivity index (χ4v) is 4.91. The van der Waals surface area contributed by atoms with Gasteiger partial charge in [0.15, 0.2) is 0 Å². The summed E-state index contributed by atoms with van der Waals surface area (Å²) in [5.41, 5.74) is 4.66. The molecule has 4 bridgehead atoms. The summed E-state index contributed by atoms with van der Waals surface area (Å²) in [4.78, 5) is 5.80. The maximum atomic E-state index is 5.80. The molecule has 2 heteroatoms.